The molecule has 2 rings (SSSR count). The van der Waals surface area contributed by atoms with Crippen molar-refractivity contribution in [1.29, 1.82) is 0 Å². The van der Waals surface area contributed by atoms with Gasteiger partial charge in [-0.3, -0.25) is 4.79 Å². The lowest BCUT2D eigenvalue weighted by Crippen LogP contribution is -2.24. The van der Waals surface area contributed by atoms with Crippen LogP contribution in [0.4, 0.5) is 5.69 Å². The van der Waals surface area contributed by atoms with E-state index in [-0.39, 0.29) is 20.5 Å². The van der Waals surface area contributed by atoms with Crippen molar-refractivity contribution in [1.82, 2.24) is 4.72 Å². The number of amides is 1. The number of hydrogen-bond donors (Lipinski definition) is 2. The Bertz CT molecular complexity index is 832. The van der Waals surface area contributed by atoms with E-state index in [9.17, 15) is 13.2 Å². The number of sulfonamides is 1. The maximum atomic E-state index is 12.3. The Labute approximate surface area is 157 Å². The van der Waals surface area contributed by atoms with Crippen molar-refractivity contribution in [3.8, 4) is 0 Å². The molecule has 2 aromatic rings. The van der Waals surface area contributed by atoms with Crippen molar-refractivity contribution in [3.63, 3.8) is 0 Å². The lowest BCUT2D eigenvalue weighted by atomic mass is 10.2. The Balaban J connectivity index is 2.11. The fraction of sp³-hybridized carbons (Fsp3) is 0.235. The first kappa shape index (κ1) is 19.7. The summed E-state index contributed by atoms with van der Waals surface area (Å²) in [4.78, 5) is 12.4. The minimum absolute atomic E-state index is 0.136. The third kappa shape index (κ3) is 5.19. The van der Waals surface area contributed by atoms with Crippen molar-refractivity contribution in [2.75, 3.05) is 11.9 Å². The molecule has 0 bridgehead atoms. The van der Waals surface area contributed by atoms with Gasteiger partial charge in [0.2, 0.25) is 10.0 Å². The summed E-state index contributed by atoms with van der Waals surface area (Å²) >= 11 is 12.0. The summed E-state index contributed by atoms with van der Waals surface area (Å²) in [6.07, 6.45) is 1.67. The van der Waals surface area contributed by atoms with Crippen LogP contribution in [0.3, 0.4) is 0 Å². The molecule has 0 aliphatic rings. The zero-order chi connectivity index (χ0) is 18.4. The van der Waals surface area contributed by atoms with Gasteiger partial charge in [0.15, 0.2) is 0 Å². The number of carbonyl (C=O) groups is 1. The molecule has 0 aliphatic heterocycles. The molecule has 0 aliphatic carbocycles. The fourth-order valence-corrected chi connectivity index (χ4v) is 3.74. The van der Waals surface area contributed by atoms with Crippen LogP contribution >= 0.6 is 23.2 Å². The molecule has 2 aromatic carbocycles. The number of rotatable bonds is 7. The highest BCUT2D eigenvalue weighted by molar-refractivity contribution is 7.89. The van der Waals surface area contributed by atoms with E-state index in [0.29, 0.717) is 12.2 Å². The van der Waals surface area contributed by atoms with Gasteiger partial charge in [-0.1, -0.05) is 42.6 Å². The van der Waals surface area contributed by atoms with Gasteiger partial charge in [-0.15, -0.1) is 0 Å². The average Bonchev–Trinajstić information content (AvgIpc) is 2.55. The molecule has 0 saturated carbocycles. The number of hydrogen-bond acceptors (Lipinski definition) is 3. The zero-order valence-electron chi connectivity index (χ0n) is 13.6. The van der Waals surface area contributed by atoms with Crippen molar-refractivity contribution >= 4 is 44.8 Å². The first-order chi connectivity index (χ1) is 11.8. The molecule has 0 radical (unpaired) electrons. The van der Waals surface area contributed by atoms with Crippen LogP contribution in [0.25, 0.3) is 0 Å². The molecule has 0 heterocycles. The first-order valence-corrected chi connectivity index (χ1v) is 9.94. The number of anilines is 1. The van der Waals surface area contributed by atoms with E-state index in [1.165, 1.54) is 24.3 Å². The van der Waals surface area contributed by atoms with E-state index in [1.807, 2.05) is 6.92 Å². The van der Waals surface area contributed by atoms with Gasteiger partial charge in [0.25, 0.3) is 5.91 Å². The Morgan fingerprint density at radius 2 is 1.64 bits per heavy atom. The minimum atomic E-state index is -3.55. The van der Waals surface area contributed by atoms with Gasteiger partial charge in [0.05, 0.1) is 20.5 Å². The van der Waals surface area contributed by atoms with Crippen LogP contribution in [-0.4, -0.2) is 20.9 Å². The predicted octanol–water partition coefficient (Wildman–Crippen LogP) is 4.32. The van der Waals surface area contributed by atoms with E-state index < -0.39 is 15.9 Å². The van der Waals surface area contributed by atoms with Crippen molar-refractivity contribution in [3.05, 3.63) is 58.1 Å². The maximum absolute atomic E-state index is 12.3. The summed E-state index contributed by atoms with van der Waals surface area (Å²) in [7, 11) is -3.55. The SMILES string of the molecule is CCCCNS(=O)(=O)c1ccc(NC(=O)c2c(Cl)cccc2Cl)cc1. The molecule has 8 heteroatoms. The van der Waals surface area contributed by atoms with E-state index in [2.05, 4.69) is 10.0 Å². The monoisotopic (exact) mass is 400 g/mol. The van der Waals surface area contributed by atoms with Gasteiger partial charge < -0.3 is 5.32 Å². The van der Waals surface area contributed by atoms with Crippen LogP contribution in [0.2, 0.25) is 10.0 Å². The summed E-state index contributed by atoms with van der Waals surface area (Å²) in [6, 6.07) is 10.7. The number of benzene rings is 2. The normalized spacial score (nSPS) is 11.3. The molecule has 1 amide bonds. The number of unbranched alkanes of at least 4 members (excludes halogenated alkanes) is 1. The highest BCUT2D eigenvalue weighted by Gasteiger charge is 2.16. The van der Waals surface area contributed by atoms with Gasteiger partial charge in [0.1, 0.15) is 0 Å². The Hall–Kier alpha value is -1.60. The molecule has 0 saturated heterocycles. The second-order valence-corrected chi connectivity index (χ2v) is 7.91. The Morgan fingerprint density at radius 1 is 1.04 bits per heavy atom. The highest BCUT2D eigenvalue weighted by atomic mass is 35.5. The third-order valence-corrected chi connectivity index (χ3v) is 5.54. The molecule has 0 fully saturated rings. The fourth-order valence-electron chi connectivity index (χ4n) is 2.09. The topological polar surface area (TPSA) is 75.3 Å². The summed E-state index contributed by atoms with van der Waals surface area (Å²) in [5.41, 5.74) is 0.609. The average molecular weight is 401 g/mol. The first-order valence-electron chi connectivity index (χ1n) is 7.70. The van der Waals surface area contributed by atoms with Crippen LogP contribution in [-0.2, 0) is 10.0 Å². The van der Waals surface area contributed by atoms with Crippen LogP contribution in [0, 0.1) is 0 Å². The number of halogens is 2. The van der Waals surface area contributed by atoms with E-state index >= 15 is 0 Å². The lowest BCUT2D eigenvalue weighted by molar-refractivity contribution is 0.102. The van der Waals surface area contributed by atoms with Crippen molar-refractivity contribution in [2.24, 2.45) is 0 Å². The highest BCUT2D eigenvalue weighted by Crippen LogP contribution is 2.25. The van der Waals surface area contributed by atoms with E-state index in [4.69, 9.17) is 23.2 Å². The minimum Gasteiger partial charge on any atom is -0.322 e. The summed E-state index contributed by atoms with van der Waals surface area (Å²) in [5.74, 6) is -0.465. The second kappa shape index (κ2) is 8.67. The number of carbonyl (C=O) groups excluding carboxylic acids is 1. The predicted molar refractivity (Wildman–Crippen MR) is 101 cm³/mol. The van der Waals surface area contributed by atoms with Gasteiger partial charge in [0, 0.05) is 12.2 Å². The molecule has 2 N–H and O–H groups in total. The van der Waals surface area contributed by atoms with Crippen LogP contribution in [0.5, 0.6) is 0 Å². The number of nitrogens with one attached hydrogen (secondary N) is 2. The third-order valence-electron chi connectivity index (χ3n) is 3.43. The molecule has 0 unspecified atom stereocenters. The molecule has 25 heavy (non-hydrogen) atoms. The molecular formula is C17H18Cl2N2O3S. The molecule has 0 aromatic heterocycles. The molecule has 5 nitrogen and oxygen atoms in total. The van der Waals surface area contributed by atoms with E-state index in [1.54, 1.807) is 18.2 Å². The lowest BCUT2D eigenvalue weighted by Gasteiger charge is -2.10. The van der Waals surface area contributed by atoms with Crippen LogP contribution in [0.1, 0.15) is 30.1 Å². The Morgan fingerprint density at radius 3 is 2.20 bits per heavy atom. The Kier molecular flexibility index (Phi) is 6.84. The van der Waals surface area contributed by atoms with Crippen LogP contribution in [0.15, 0.2) is 47.4 Å². The molecule has 134 valence electrons. The van der Waals surface area contributed by atoms with Gasteiger partial charge in [-0.25, -0.2) is 13.1 Å². The molecule has 0 atom stereocenters. The summed E-state index contributed by atoms with van der Waals surface area (Å²) in [6.45, 7) is 2.37. The maximum Gasteiger partial charge on any atom is 0.258 e. The van der Waals surface area contributed by atoms with Gasteiger partial charge in [-0.05, 0) is 42.8 Å². The van der Waals surface area contributed by atoms with Crippen LogP contribution < -0.4 is 10.0 Å². The standard InChI is InChI=1S/C17H18Cl2N2O3S/c1-2-3-11-20-25(23,24)13-9-7-12(8-10-13)21-17(22)16-14(18)5-4-6-15(16)19/h4-10,20H,2-3,11H2,1H3,(H,21,22). The largest absolute Gasteiger partial charge is 0.322 e. The second-order valence-electron chi connectivity index (χ2n) is 5.33. The molecular weight excluding hydrogens is 383 g/mol. The summed E-state index contributed by atoms with van der Waals surface area (Å²) < 4.78 is 26.8. The van der Waals surface area contributed by atoms with Crippen molar-refractivity contribution in [2.45, 2.75) is 24.7 Å². The van der Waals surface area contributed by atoms with Crippen molar-refractivity contribution < 1.29 is 13.2 Å². The summed E-state index contributed by atoms with van der Waals surface area (Å²) in [5, 5.41) is 3.13. The quantitative estimate of drug-likeness (QED) is 0.679. The van der Waals surface area contributed by atoms with Gasteiger partial charge >= 0.3 is 0 Å². The molecule has 0 spiro atoms. The zero-order valence-corrected chi connectivity index (χ0v) is 15.9. The van der Waals surface area contributed by atoms with E-state index in [0.717, 1.165) is 12.8 Å². The van der Waals surface area contributed by atoms with Gasteiger partial charge in [-0.2, -0.15) is 0 Å². The smallest absolute Gasteiger partial charge is 0.258 e.